The average molecular weight is 585 g/mol. The van der Waals surface area contributed by atoms with Gasteiger partial charge in [-0.05, 0) is 78.9 Å². The van der Waals surface area contributed by atoms with Crippen LogP contribution in [0.4, 0.5) is 34.1 Å². The van der Waals surface area contributed by atoms with Gasteiger partial charge in [-0.25, -0.2) is 4.79 Å². The molecule has 0 aliphatic carbocycles. The second-order valence-electron chi connectivity index (χ2n) is 11.3. The van der Waals surface area contributed by atoms with Gasteiger partial charge in [0, 0.05) is 91.1 Å². The van der Waals surface area contributed by atoms with Gasteiger partial charge in [-0.15, -0.1) is 0 Å². The SMILES string of the molecule is C.CN(C)c1ccc(Nc2ccc3c(c2)Oc2cc(Nc4ccc(N(C)C)cc4)ccc2C32OC(=O)c3ccccc32)cc1. The largest absolute Gasteiger partial charge is 0.456 e. The third-order valence-corrected chi connectivity index (χ3v) is 8.06. The molecule has 5 aromatic carbocycles. The summed E-state index contributed by atoms with van der Waals surface area (Å²) in [5.74, 6) is 0.902. The second kappa shape index (κ2) is 11.0. The summed E-state index contributed by atoms with van der Waals surface area (Å²) in [4.78, 5) is 17.4. The fourth-order valence-corrected chi connectivity index (χ4v) is 5.85. The van der Waals surface area contributed by atoms with E-state index in [0.29, 0.717) is 17.1 Å². The van der Waals surface area contributed by atoms with E-state index in [1.54, 1.807) is 0 Å². The highest BCUT2D eigenvalue weighted by molar-refractivity contribution is 5.97. The normalized spacial score (nSPS) is 13.4. The molecule has 0 radical (unpaired) electrons. The van der Waals surface area contributed by atoms with E-state index in [9.17, 15) is 4.79 Å². The zero-order chi connectivity index (χ0) is 29.7. The number of anilines is 6. The zero-order valence-corrected chi connectivity index (χ0v) is 24.5. The van der Waals surface area contributed by atoms with Crippen molar-refractivity contribution in [1.82, 2.24) is 0 Å². The van der Waals surface area contributed by atoms with Crippen LogP contribution in [0.5, 0.6) is 11.5 Å². The first-order chi connectivity index (χ1) is 20.8. The van der Waals surface area contributed by atoms with Crippen LogP contribution in [0.3, 0.4) is 0 Å². The molecule has 2 heterocycles. The topological polar surface area (TPSA) is 66.1 Å². The van der Waals surface area contributed by atoms with Crippen LogP contribution in [-0.4, -0.2) is 34.2 Å². The van der Waals surface area contributed by atoms with Crippen molar-refractivity contribution in [2.75, 3.05) is 48.6 Å². The molecular formula is C37H36N4O3. The van der Waals surface area contributed by atoms with Gasteiger partial charge in [-0.1, -0.05) is 25.6 Å². The monoisotopic (exact) mass is 584 g/mol. The summed E-state index contributed by atoms with van der Waals surface area (Å²) in [7, 11) is 8.08. The average Bonchev–Trinajstić information content (AvgIpc) is 3.30. The van der Waals surface area contributed by atoms with Gasteiger partial charge in [-0.2, -0.15) is 0 Å². The third kappa shape index (κ3) is 4.76. The number of ether oxygens (including phenoxy) is 2. The van der Waals surface area contributed by atoms with Crippen molar-refractivity contribution in [1.29, 1.82) is 0 Å². The van der Waals surface area contributed by atoms with E-state index >= 15 is 0 Å². The molecule has 2 N–H and O–H groups in total. The molecule has 44 heavy (non-hydrogen) atoms. The predicted molar refractivity (Wildman–Crippen MR) is 180 cm³/mol. The maximum absolute atomic E-state index is 13.2. The van der Waals surface area contributed by atoms with E-state index in [4.69, 9.17) is 9.47 Å². The number of rotatable bonds is 6. The van der Waals surface area contributed by atoms with Crippen molar-refractivity contribution in [3.8, 4) is 11.5 Å². The fraction of sp³-hybridized carbons (Fsp3) is 0.162. The van der Waals surface area contributed by atoms with E-state index < -0.39 is 5.60 Å². The summed E-state index contributed by atoms with van der Waals surface area (Å²) in [6.45, 7) is 0. The minimum Gasteiger partial charge on any atom is -0.456 e. The molecule has 0 aromatic heterocycles. The lowest BCUT2D eigenvalue weighted by Crippen LogP contribution is -2.33. The van der Waals surface area contributed by atoms with Gasteiger partial charge in [0.05, 0.1) is 5.56 Å². The van der Waals surface area contributed by atoms with Crippen molar-refractivity contribution >= 4 is 40.1 Å². The van der Waals surface area contributed by atoms with Crippen LogP contribution < -0.4 is 25.2 Å². The minimum absolute atomic E-state index is 0. The summed E-state index contributed by atoms with van der Waals surface area (Å²) in [6.07, 6.45) is 0. The quantitative estimate of drug-likeness (QED) is 0.194. The Morgan fingerprint density at radius 3 is 1.50 bits per heavy atom. The first-order valence-corrected chi connectivity index (χ1v) is 14.2. The first kappa shape index (κ1) is 28.7. The molecule has 0 saturated carbocycles. The Bertz CT molecular complexity index is 1740. The summed E-state index contributed by atoms with van der Waals surface area (Å²) in [6, 6.07) is 36.0. The number of esters is 1. The van der Waals surface area contributed by atoms with Crippen molar-refractivity contribution in [2.24, 2.45) is 0 Å². The molecule has 0 bridgehead atoms. The van der Waals surface area contributed by atoms with Crippen LogP contribution in [0, 0.1) is 0 Å². The number of benzene rings is 5. The number of fused-ring (bicyclic) bond motifs is 6. The lowest BCUT2D eigenvalue weighted by molar-refractivity contribution is 0.0224. The maximum Gasteiger partial charge on any atom is 0.340 e. The maximum atomic E-state index is 13.2. The number of carbonyl (C=O) groups is 1. The van der Waals surface area contributed by atoms with Crippen molar-refractivity contribution in [2.45, 2.75) is 13.0 Å². The van der Waals surface area contributed by atoms with Crippen LogP contribution in [0.25, 0.3) is 0 Å². The predicted octanol–water partition coefficient (Wildman–Crippen LogP) is 8.51. The Morgan fingerprint density at radius 2 is 1.02 bits per heavy atom. The van der Waals surface area contributed by atoms with Crippen LogP contribution in [0.2, 0.25) is 0 Å². The molecular weight excluding hydrogens is 548 g/mol. The highest BCUT2D eigenvalue weighted by atomic mass is 16.6. The van der Waals surface area contributed by atoms with Crippen molar-refractivity contribution in [3.63, 3.8) is 0 Å². The van der Waals surface area contributed by atoms with E-state index in [-0.39, 0.29) is 13.4 Å². The van der Waals surface area contributed by atoms with E-state index in [0.717, 1.165) is 50.8 Å². The zero-order valence-electron chi connectivity index (χ0n) is 24.5. The third-order valence-electron chi connectivity index (χ3n) is 8.06. The van der Waals surface area contributed by atoms with Crippen molar-refractivity contribution in [3.05, 3.63) is 131 Å². The molecule has 0 unspecified atom stereocenters. The Kier molecular flexibility index (Phi) is 7.17. The van der Waals surface area contributed by atoms with Crippen LogP contribution >= 0.6 is 0 Å². The molecule has 1 spiro atoms. The molecule has 222 valence electrons. The smallest absolute Gasteiger partial charge is 0.340 e. The van der Waals surface area contributed by atoms with Gasteiger partial charge >= 0.3 is 5.97 Å². The Labute approximate surface area is 258 Å². The number of hydrogen-bond acceptors (Lipinski definition) is 7. The van der Waals surface area contributed by atoms with Crippen LogP contribution in [0.15, 0.2) is 109 Å². The molecule has 5 aromatic rings. The van der Waals surface area contributed by atoms with Gasteiger partial charge in [0.2, 0.25) is 0 Å². The molecule has 0 amide bonds. The summed E-state index contributed by atoms with van der Waals surface area (Å²) < 4.78 is 12.9. The van der Waals surface area contributed by atoms with E-state index in [1.807, 2.05) is 113 Å². The van der Waals surface area contributed by atoms with E-state index in [2.05, 4.69) is 44.7 Å². The summed E-state index contributed by atoms with van der Waals surface area (Å²) >= 11 is 0. The molecule has 7 rings (SSSR count). The van der Waals surface area contributed by atoms with Crippen LogP contribution in [-0.2, 0) is 10.3 Å². The summed E-state index contributed by atoms with van der Waals surface area (Å²) in [5, 5.41) is 6.97. The number of hydrogen-bond donors (Lipinski definition) is 2. The standard InChI is InChI=1S/C36H32N4O3.CH4/c1-39(2)27-15-9-23(10-16-27)37-25-13-19-31-33(21-25)42-34-22-26(38-24-11-17-28(18-12-24)40(3)4)14-20-32(34)36(31)30-8-6-5-7-29(30)35(41)43-36;/h5-22,37-38H,1-4H3;1H4. The van der Waals surface area contributed by atoms with Gasteiger partial charge < -0.3 is 29.9 Å². The number of nitrogens with zero attached hydrogens (tertiary/aromatic N) is 2. The highest BCUT2D eigenvalue weighted by Crippen LogP contribution is 2.57. The molecule has 0 fully saturated rings. The molecule has 0 atom stereocenters. The first-order valence-electron chi connectivity index (χ1n) is 14.2. The minimum atomic E-state index is -1.12. The van der Waals surface area contributed by atoms with Gasteiger partial charge in [0.15, 0.2) is 5.60 Å². The fourth-order valence-electron chi connectivity index (χ4n) is 5.85. The Morgan fingerprint density at radius 1 is 0.568 bits per heavy atom. The molecule has 2 aliphatic heterocycles. The molecule has 0 saturated heterocycles. The second-order valence-corrected chi connectivity index (χ2v) is 11.3. The molecule has 2 aliphatic rings. The number of nitrogens with one attached hydrogen (secondary N) is 2. The highest BCUT2D eigenvalue weighted by Gasteiger charge is 2.53. The Balaban J connectivity index is 0.00000343. The number of carbonyl (C=O) groups excluding carboxylic acids is 1. The summed E-state index contributed by atoms with van der Waals surface area (Å²) in [5.41, 5.74) is 7.72. The van der Waals surface area contributed by atoms with Gasteiger partial charge in [-0.3, -0.25) is 0 Å². The lowest BCUT2D eigenvalue weighted by atomic mass is 9.77. The molecule has 7 heteroatoms. The van der Waals surface area contributed by atoms with Gasteiger partial charge in [0.25, 0.3) is 0 Å². The lowest BCUT2D eigenvalue weighted by Gasteiger charge is -2.37. The van der Waals surface area contributed by atoms with Gasteiger partial charge in [0.1, 0.15) is 11.5 Å². The van der Waals surface area contributed by atoms with E-state index in [1.165, 1.54) is 0 Å². The van der Waals surface area contributed by atoms with Crippen molar-refractivity contribution < 1.29 is 14.3 Å². The molecule has 7 nitrogen and oxygen atoms in total. The Hall–Kier alpha value is -5.43. The van der Waals surface area contributed by atoms with Crippen LogP contribution in [0.1, 0.15) is 34.5 Å².